The van der Waals surface area contributed by atoms with Gasteiger partial charge in [-0.05, 0) is 42.6 Å². The molecule has 0 saturated carbocycles. The summed E-state index contributed by atoms with van der Waals surface area (Å²) < 4.78 is 10.5. The number of carbonyl (C=O) groups is 3. The fourth-order valence-corrected chi connectivity index (χ4v) is 3.55. The van der Waals surface area contributed by atoms with E-state index in [0.717, 1.165) is 10.6 Å². The Morgan fingerprint density at radius 2 is 2.04 bits per heavy atom. The molecule has 1 aromatic heterocycles. The zero-order valence-electron chi connectivity index (χ0n) is 15.6. The molecule has 2 amide bonds. The van der Waals surface area contributed by atoms with Crippen LogP contribution in [0, 0.1) is 5.92 Å². The molecule has 2 heterocycles. The van der Waals surface area contributed by atoms with Crippen LogP contribution in [0.2, 0.25) is 0 Å². The van der Waals surface area contributed by atoms with Crippen LogP contribution in [0.25, 0.3) is 0 Å². The number of nitrogens with zero attached hydrogens (tertiary/aromatic N) is 1. The first-order valence-corrected chi connectivity index (χ1v) is 9.93. The van der Waals surface area contributed by atoms with Crippen LogP contribution in [0.4, 0.5) is 5.69 Å². The molecule has 1 saturated heterocycles. The summed E-state index contributed by atoms with van der Waals surface area (Å²) in [5, 5.41) is 4.62. The first-order chi connectivity index (χ1) is 13.6. The van der Waals surface area contributed by atoms with Crippen molar-refractivity contribution in [3.05, 3.63) is 46.7 Å². The van der Waals surface area contributed by atoms with Crippen molar-refractivity contribution in [3.63, 3.8) is 0 Å². The summed E-state index contributed by atoms with van der Waals surface area (Å²) in [6.45, 7) is 2.76. The van der Waals surface area contributed by atoms with Gasteiger partial charge in [0.15, 0.2) is 6.61 Å². The molecule has 1 fully saturated rings. The van der Waals surface area contributed by atoms with Crippen molar-refractivity contribution in [3.8, 4) is 5.75 Å². The molecule has 0 spiro atoms. The van der Waals surface area contributed by atoms with E-state index in [9.17, 15) is 14.4 Å². The summed E-state index contributed by atoms with van der Waals surface area (Å²) in [6.07, 6.45) is 0.0723. The number of amides is 2. The standard InChI is InChI=1S/C20H22N2O5S/c1-2-26-16-7-5-15(6-8-16)22-12-14(10-19(22)24)20(25)27-13-18(23)21-11-17-4-3-9-28-17/h3-9,14H,2,10-13H2,1H3,(H,21,23). The van der Waals surface area contributed by atoms with Crippen molar-refractivity contribution in [2.75, 3.05) is 24.7 Å². The smallest absolute Gasteiger partial charge is 0.311 e. The zero-order valence-corrected chi connectivity index (χ0v) is 16.4. The van der Waals surface area contributed by atoms with Crippen LogP contribution in [0.5, 0.6) is 5.75 Å². The van der Waals surface area contributed by atoms with Gasteiger partial charge in [0.1, 0.15) is 5.75 Å². The van der Waals surface area contributed by atoms with Crippen molar-refractivity contribution in [1.82, 2.24) is 5.32 Å². The summed E-state index contributed by atoms with van der Waals surface area (Å²) >= 11 is 1.54. The number of anilines is 1. The molecule has 2 aromatic rings. The highest BCUT2D eigenvalue weighted by atomic mass is 32.1. The number of hydrogen-bond donors (Lipinski definition) is 1. The number of esters is 1. The van der Waals surface area contributed by atoms with Gasteiger partial charge in [-0.2, -0.15) is 0 Å². The first-order valence-electron chi connectivity index (χ1n) is 9.05. The van der Waals surface area contributed by atoms with Gasteiger partial charge in [0, 0.05) is 23.5 Å². The number of benzene rings is 1. The first kappa shape index (κ1) is 19.9. The van der Waals surface area contributed by atoms with E-state index >= 15 is 0 Å². The molecule has 0 radical (unpaired) electrons. The minimum absolute atomic E-state index is 0.0723. The molecule has 0 aliphatic carbocycles. The van der Waals surface area contributed by atoms with E-state index in [0.29, 0.717) is 18.8 Å². The molecule has 1 aliphatic heterocycles. The Kier molecular flexibility index (Phi) is 6.65. The van der Waals surface area contributed by atoms with Crippen molar-refractivity contribution in [2.45, 2.75) is 19.9 Å². The molecule has 28 heavy (non-hydrogen) atoms. The van der Waals surface area contributed by atoms with Gasteiger partial charge in [0.05, 0.1) is 19.1 Å². The van der Waals surface area contributed by atoms with E-state index in [2.05, 4.69) is 5.32 Å². The lowest BCUT2D eigenvalue weighted by Crippen LogP contribution is -2.31. The van der Waals surface area contributed by atoms with Gasteiger partial charge >= 0.3 is 5.97 Å². The number of ether oxygens (including phenoxy) is 2. The van der Waals surface area contributed by atoms with Crippen molar-refractivity contribution in [2.24, 2.45) is 5.92 Å². The van der Waals surface area contributed by atoms with E-state index in [4.69, 9.17) is 9.47 Å². The maximum Gasteiger partial charge on any atom is 0.311 e. The summed E-state index contributed by atoms with van der Waals surface area (Å²) in [5.74, 6) is -0.901. The fraction of sp³-hybridized carbons (Fsp3) is 0.350. The van der Waals surface area contributed by atoms with Gasteiger partial charge < -0.3 is 19.7 Å². The molecule has 148 valence electrons. The molecule has 1 aliphatic rings. The normalized spacial score (nSPS) is 16.1. The quantitative estimate of drug-likeness (QED) is 0.685. The molecule has 8 heteroatoms. The van der Waals surface area contributed by atoms with Gasteiger partial charge in [-0.3, -0.25) is 14.4 Å². The highest BCUT2D eigenvalue weighted by molar-refractivity contribution is 7.09. The van der Waals surface area contributed by atoms with E-state index in [1.807, 2.05) is 24.4 Å². The lowest BCUT2D eigenvalue weighted by Gasteiger charge is -2.17. The summed E-state index contributed by atoms with van der Waals surface area (Å²) in [4.78, 5) is 38.9. The van der Waals surface area contributed by atoms with Crippen LogP contribution in [0.15, 0.2) is 41.8 Å². The summed E-state index contributed by atoms with van der Waals surface area (Å²) in [6, 6.07) is 11.0. The number of rotatable bonds is 8. The van der Waals surface area contributed by atoms with Gasteiger partial charge in [-0.1, -0.05) is 6.07 Å². The zero-order chi connectivity index (χ0) is 19.9. The van der Waals surface area contributed by atoms with Gasteiger partial charge in [-0.25, -0.2) is 0 Å². The molecule has 1 N–H and O–H groups in total. The Labute approximate surface area is 167 Å². The van der Waals surface area contributed by atoms with Crippen LogP contribution >= 0.6 is 11.3 Å². The van der Waals surface area contributed by atoms with E-state index < -0.39 is 11.9 Å². The molecule has 7 nitrogen and oxygen atoms in total. The molecule has 1 unspecified atom stereocenters. The second-order valence-electron chi connectivity index (χ2n) is 6.30. The van der Waals surface area contributed by atoms with Crippen molar-refractivity contribution in [1.29, 1.82) is 0 Å². The van der Waals surface area contributed by atoms with Crippen molar-refractivity contribution >= 4 is 34.8 Å². The highest BCUT2D eigenvalue weighted by Crippen LogP contribution is 2.27. The molecule has 3 rings (SSSR count). The molecular weight excluding hydrogens is 380 g/mol. The van der Waals surface area contributed by atoms with Crippen LogP contribution < -0.4 is 15.0 Å². The second-order valence-corrected chi connectivity index (χ2v) is 7.33. The predicted molar refractivity (Wildman–Crippen MR) is 105 cm³/mol. The van der Waals surface area contributed by atoms with Crippen LogP contribution in [0.1, 0.15) is 18.2 Å². The Morgan fingerprint density at radius 3 is 2.71 bits per heavy atom. The lowest BCUT2D eigenvalue weighted by molar-refractivity contribution is -0.152. The average Bonchev–Trinajstić information content (AvgIpc) is 3.35. The SMILES string of the molecule is CCOc1ccc(N2CC(C(=O)OCC(=O)NCc3cccs3)CC2=O)cc1. The largest absolute Gasteiger partial charge is 0.494 e. The summed E-state index contributed by atoms with van der Waals surface area (Å²) in [7, 11) is 0. The van der Waals surface area contributed by atoms with Crippen LogP contribution in [-0.4, -0.2) is 37.5 Å². The number of carbonyl (C=O) groups excluding carboxylic acids is 3. The van der Waals surface area contributed by atoms with Crippen molar-refractivity contribution < 1.29 is 23.9 Å². The average molecular weight is 402 g/mol. The van der Waals surface area contributed by atoms with E-state index in [1.165, 1.54) is 11.3 Å². The Morgan fingerprint density at radius 1 is 1.25 bits per heavy atom. The second kappa shape index (κ2) is 9.36. The highest BCUT2D eigenvalue weighted by Gasteiger charge is 2.36. The third-order valence-corrected chi connectivity index (χ3v) is 5.18. The molecule has 1 atom stereocenters. The molecule has 0 bridgehead atoms. The predicted octanol–water partition coefficient (Wildman–Crippen LogP) is 2.36. The van der Waals surface area contributed by atoms with Gasteiger partial charge in [-0.15, -0.1) is 11.3 Å². The molecule has 1 aromatic carbocycles. The number of thiophene rings is 1. The Hall–Kier alpha value is -2.87. The lowest BCUT2D eigenvalue weighted by atomic mass is 10.1. The monoisotopic (exact) mass is 402 g/mol. The number of hydrogen-bond acceptors (Lipinski definition) is 6. The van der Waals surface area contributed by atoms with Gasteiger partial charge in [0.2, 0.25) is 5.91 Å². The maximum absolute atomic E-state index is 12.3. The summed E-state index contributed by atoms with van der Waals surface area (Å²) in [5.41, 5.74) is 0.706. The topological polar surface area (TPSA) is 84.9 Å². The third-order valence-electron chi connectivity index (χ3n) is 4.30. The molecular formula is C20H22N2O5S. The van der Waals surface area contributed by atoms with Gasteiger partial charge in [0.25, 0.3) is 5.91 Å². The van der Waals surface area contributed by atoms with Crippen LogP contribution in [-0.2, 0) is 25.7 Å². The number of nitrogens with one attached hydrogen (secondary N) is 1. The minimum atomic E-state index is -0.579. The fourth-order valence-electron chi connectivity index (χ4n) is 2.91. The van der Waals surface area contributed by atoms with Crippen LogP contribution in [0.3, 0.4) is 0 Å². The minimum Gasteiger partial charge on any atom is -0.494 e. The van der Waals surface area contributed by atoms with E-state index in [-0.39, 0.29) is 31.4 Å². The van der Waals surface area contributed by atoms with E-state index in [1.54, 1.807) is 29.2 Å². The Balaban J connectivity index is 1.47. The maximum atomic E-state index is 12.3. The Bertz CT molecular complexity index is 820. The third kappa shape index (κ3) is 5.10.